The van der Waals surface area contributed by atoms with Gasteiger partial charge in [-0.3, -0.25) is 9.59 Å². The molecule has 3 N–H and O–H groups in total. The summed E-state index contributed by atoms with van der Waals surface area (Å²) in [6.45, 7) is 3.89. The molecule has 0 aromatic heterocycles. The molecule has 20 heavy (non-hydrogen) atoms. The first-order valence-electron chi connectivity index (χ1n) is 6.40. The number of aliphatic hydroxyl groups excluding tert-OH is 1. The first-order valence-corrected chi connectivity index (χ1v) is 6.40. The average molecular weight is 282 g/mol. The molecule has 1 rings (SSSR count). The third kappa shape index (κ3) is 4.97. The molecule has 0 saturated heterocycles. The maximum atomic E-state index is 13.1. The molecule has 0 radical (unpaired) electrons. The Hall–Kier alpha value is -1.95. The summed E-state index contributed by atoms with van der Waals surface area (Å²) in [6, 6.07) is 3.96. The van der Waals surface area contributed by atoms with E-state index in [1.807, 2.05) is 6.92 Å². The summed E-state index contributed by atoms with van der Waals surface area (Å²) in [4.78, 5) is 23.2. The summed E-state index contributed by atoms with van der Waals surface area (Å²) in [5.74, 6) is -2.02. The second-order valence-electron chi connectivity index (χ2n) is 4.74. The number of rotatable bonds is 5. The van der Waals surface area contributed by atoms with Crippen LogP contribution in [0.25, 0.3) is 0 Å². The van der Waals surface area contributed by atoms with Gasteiger partial charge in [0.1, 0.15) is 5.82 Å². The molecule has 110 valence electrons. The van der Waals surface area contributed by atoms with E-state index >= 15 is 0 Å². The number of halogens is 1. The van der Waals surface area contributed by atoms with Crippen LogP contribution in [0.2, 0.25) is 0 Å². The van der Waals surface area contributed by atoms with Gasteiger partial charge in [-0.2, -0.15) is 0 Å². The molecular formula is C14H19FN2O3. The normalized spacial score (nSPS) is 11.8. The third-order valence-corrected chi connectivity index (χ3v) is 2.89. The highest BCUT2D eigenvalue weighted by Gasteiger charge is 2.15. The first-order chi connectivity index (χ1) is 9.43. The Balaban J connectivity index is 2.53. The maximum absolute atomic E-state index is 13.1. The van der Waals surface area contributed by atoms with Crippen LogP contribution < -0.4 is 10.6 Å². The van der Waals surface area contributed by atoms with Crippen LogP contribution in [0.3, 0.4) is 0 Å². The van der Waals surface area contributed by atoms with E-state index < -0.39 is 17.6 Å². The molecule has 1 aromatic carbocycles. The average Bonchev–Trinajstić information content (AvgIpc) is 2.40. The Bertz CT molecular complexity index is 491. The van der Waals surface area contributed by atoms with Crippen molar-refractivity contribution in [3.05, 3.63) is 29.6 Å². The smallest absolute Gasteiger partial charge is 0.313 e. The highest BCUT2D eigenvalue weighted by molar-refractivity contribution is 6.39. The van der Waals surface area contributed by atoms with Crippen molar-refractivity contribution in [3.63, 3.8) is 0 Å². The van der Waals surface area contributed by atoms with Crippen molar-refractivity contribution in [2.45, 2.75) is 20.3 Å². The molecule has 1 unspecified atom stereocenters. The minimum Gasteiger partial charge on any atom is -0.396 e. The number of carbonyl (C=O) groups is 2. The summed E-state index contributed by atoms with van der Waals surface area (Å²) in [5, 5.41) is 13.6. The quantitative estimate of drug-likeness (QED) is 0.710. The molecule has 0 aliphatic rings. The lowest BCUT2D eigenvalue weighted by Crippen LogP contribution is -2.37. The lowest BCUT2D eigenvalue weighted by atomic mass is 10.1. The van der Waals surface area contributed by atoms with Crippen LogP contribution in [0.5, 0.6) is 0 Å². The number of anilines is 1. The topological polar surface area (TPSA) is 78.4 Å². The second kappa shape index (κ2) is 7.59. The molecule has 0 aliphatic carbocycles. The fourth-order valence-corrected chi connectivity index (χ4v) is 1.58. The van der Waals surface area contributed by atoms with Crippen LogP contribution in [-0.2, 0) is 9.59 Å². The zero-order chi connectivity index (χ0) is 15.1. The van der Waals surface area contributed by atoms with Gasteiger partial charge in [0.05, 0.1) is 0 Å². The van der Waals surface area contributed by atoms with E-state index in [1.165, 1.54) is 12.1 Å². The number of aryl methyl sites for hydroxylation is 1. The zero-order valence-corrected chi connectivity index (χ0v) is 11.6. The molecule has 0 heterocycles. The van der Waals surface area contributed by atoms with Gasteiger partial charge >= 0.3 is 11.8 Å². The molecule has 0 saturated carbocycles. The molecule has 5 nitrogen and oxygen atoms in total. The Morgan fingerprint density at radius 3 is 2.70 bits per heavy atom. The number of nitrogens with one attached hydrogen (secondary N) is 2. The monoisotopic (exact) mass is 282 g/mol. The SMILES string of the molecule is Cc1ccc(F)cc1NC(=O)C(=O)NCC(C)CCO. The summed E-state index contributed by atoms with van der Waals surface area (Å²) in [6.07, 6.45) is 0.547. The van der Waals surface area contributed by atoms with E-state index in [9.17, 15) is 14.0 Å². The fraction of sp³-hybridized carbons (Fsp3) is 0.429. The van der Waals surface area contributed by atoms with Crippen LogP contribution in [0, 0.1) is 18.7 Å². The standard InChI is InChI=1S/C14H19FN2O3/c1-9(5-6-18)8-16-13(19)14(20)17-12-7-11(15)4-3-10(12)2/h3-4,7,9,18H,5-6,8H2,1-2H3,(H,16,19)(H,17,20). The van der Waals surface area contributed by atoms with E-state index in [-0.39, 0.29) is 18.2 Å². The van der Waals surface area contributed by atoms with Gasteiger partial charge in [-0.15, -0.1) is 0 Å². The highest BCUT2D eigenvalue weighted by atomic mass is 19.1. The van der Waals surface area contributed by atoms with Crippen LogP contribution >= 0.6 is 0 Å². The minimum absolute atomic E-state index is 0.0335. The Kier molecular flexibility index (Phi) is 6.11. The second-order valence-corrected chi connectivity index (χ2v) is 4.74. The van der Waals surface area contributed by atoms with E-state index in [4.69, 9.17) is 5.11 Å². The molecule has 1 aromatic rings. The summed E-state index contributed by atoms with van der Waals surface area (Å²) >= 11 is 0. The Morgan fingerprint density at radius 1 is 1.35 bits per heavy atom. The number of hydrogen-bond acceptors (Lipinski definition) is 3. The highest BCUT2D eigenvalue weighted by Crippen LogP contribution is 2.15. The molecule has 6 heteroatoms. The predicted octanol–water partition coefficient (Wildman–Crippen LogP) is 1.21. The van der Waals surface area contributed by atoms with Crippen LogP contribution in [0.1, 0.15) is 18.9 Å². The maximum Gasteiger partial charge on any atom is 0.313 e. The number of carbonyl (C=O) groups excluding carboxylic acids is 2. The molecule has 1 atom stereocenters. The van der Waals surface area contributed by atoms with Gasteiger partial charge in [0.25, 0.3) is 0 Å². The van der Waals surface area contributed by atoms with E-state index in [2.05, 4.69) is 10.6 Å². The van der Waals surface area contributed by atoms with Crippen molar-refractivity contribution in [1.29, 1.82) is 0 Å². The van der Waals surface area contributed by atoms with Crippen molar-refractivity contribution >= 4 is 17.5 Å². The lowest BCUT2D eigenvalue weighted by molar-refractivity contribution is -0.136. The van der Waals surface area contributed by atoms with Crippen molar-refractivity contribution in [1.82, 2.24) is 5.32 Å². The van der Waals surface area contributed by atoms with Gasteiger partial charge in [0, 0.05) is 18.8 Å². The molecule has 0 aliphatic heterocycles. The van der Waals surface area contributed by atoms with Gasteiger partial charge in [-0.1, -0.05) is 13.0 Å². The molecule has 0 spiro atoms. The van der Waals surface area contributed by atoms with Crippen LogP contribution in [0.15, 0.2) is 18.2 Å². The van der Waals surface area contributed by atoms with Crippen molar-refractivity contribution in [2.24, 2.45) is 5.92 Å². The largest absolute Gasteiger partial charge is 0.396 e. The molecule has 0 fully saturated rings. The van der Waals surface area contributed by atoms with E-state index in [0.717, 1.165) is 6.07 Å². The van der Waals surface area contributed by atoms with Gasteiger partial charge in [-0.05, 0) is 37.0 Å². The summed E-state index contributed by atoms with van der Waals surface area (Å²) in [7, 11) is 0. The van der Waals surface area contributed by atoms with E-state index in [1.54, 1.807) is 6.92 Å². The fourth-order valence-electron chi connectivity index (χ4n) is 1.58. The third-order valence-electron chi connectivity index (χ3n) is 2.89. The van der Waals surface area contributed by atoms with Gasteiger partial charge in [-0.25, -0.2) is 4.39 Å². The Morgan fingerprint density at radius 2 is 2.05 bits per heavy atom. The summed E-state index contributed by atoms with van der Waals surface area (Å²) in [5.41, 5.74) is 0.940. The number of amides is 2. The molecular weight excluding hydrogens is 263 g/mol. The number of aliphatic hydroxyl groups is 1. The summed E-state index contributed by atoms with van der Waals surface area (Å²) < 4.78 is 13.1. The zero-order valence-electron chi connectivity index (χ0n) is 11.6. The number of benzene rings is 1. The molecule has 0 bridgehead atoms. The number of hydrogen-bond donors (Lipinski definition) is 3. The molecule has 2 amide bonds. The van der Waals surface area contributed by atoms with Crippen LogP contribution in [0.4, 0.5) is 10.1 Å². The minimum atomic E-state index is -0.838. The predicted molar refractivity (Wildman–Crippen MR) is 73.6 cm³/mol. The Labute approximate surface area is 117 Å². The van der Waals surface area contributed by atoms with Crippen molar-refractivity contribution < 1.29 is 19.1 Å². The van der Waals surface area contributed by atoms with E-state index in [0.29, 0.717) is 18.5 Å². The van der Waals surface area contributed by atoms with Gasteiger partial charge in [0.15, 0.2) is 0 Å². The van der Waals surface area contributed by atoms with Gasteiger partial charge < -0.3 is 15.7 Å². The van der Waals surface area contributed by atoms with Crippen molar-refractivity contribution in [2.75, 3.05) is 18.5 Å². The first kappa shape index (κ1) is 16.1. The van der Waals surface area contributed by atoms with Gasteiger partial charge in [0.2, 0.25) is 0 Å². The van der Waals surface area contributed by atoms with Crippen molar-refractivity contribution in [3.8, 4) is 0 Å². The lowest BCUT2D eigenvalue weighted by Gasteiger charge is -2.12. The van der Waals surface area contributed by atoms with Crippen LogP contribution in [-0.4, -0.2) is 30.1 Å².